The third-order valence-corrected chi connectivity index (χ3v) is 7.78. The van der Waals surface area contributed by atoms with Gasteiger partial charge in [-0.1, -0.05) is 30.3 Å². The zero-order valence-corrected chi connectivity index (χ0v) is 24.6. The van der Waals surface area contributed by atoms with Crippen molar-refractivity contribution >= 4 is 17.6 Å². The summed E-state index contributed by atoms with van der Waals surface area (Å²) in [5.41, 5.74) is 8.00. The Labute approximate surface area is 255 Å². The summed E-state index contributed by atoms with van der Waals surface area (Å²) >= 11 is 0. The summed E-state index contributed by atoms with van der Waals surface area (Å²) in [6, 6.07) is 22.6. The van der Waals surface area contributed by atoms with Gasteiger partial charge in [0.05, 0.1) is 17.9 Å². The van der Waals surface area contributed by atoms with Gasteiger partial charge in [0.15, 0.2) is 5.78 Å². The normalized spacial score (nSPS) is 13.9. The Bertz CT molecular complexity index is 1660. The summed E-state index contributed by atoms with van der Waals surface area (Å²) in [4.78, 5) is 38.8. The van der Waals surface area contributed by atoms with Crippen molar-refractivity contribution in [2.75, 3.05) is 18.9 Å². The molecule has 1 saturated carbocycles. The number of rotatable bonds is 12. The van der Waals surface area contributed by atoms with E-state index in [-0.39, 0.29) is 29.0 Å². The number of ether oxygens (including phenoxy) is 2. The first kappa shape index (κ1) is 30.7. The number of nitrogens with two attached hydrogens (primary N) is 1. The van der Waals surface area contributed by atoms with Crippen molar-refractivity contribution in [1.29, 1.82) is 0 Å². The molecule has 0 aliphatic heterocycles. The summed E-state index contributed by atoms with van der Waals surface area (Å²) in [6.45, 7) is 2.51. The number of anilines is 1. The molecule has 0 bridgehead atoms. The van der Waals surface area contributed by atoms with Crippen LogP contribution in [0.4, 0.5) is 10.2 Å². The van der Waals surface area contributed by atoms with Gasteiger partial charge in [0.2, 0.25) is 0 Å². The van der Waals surface area contributed by atoms with E-state index in [1.807, 2.05) is 30.3 Å². The Kier molecular flexibility index (Phi) is 9.86. The lowest BCUT2D eigenvalue weighted by atomic mass is 10.0. The van der Waals surface area contributed by atoms with E-state index in [1.165, 1.54) is 34.9 Å². The number of aromatic nitrogens is 1. The Morgan fingerprint density at radius 2 is 1.73 bits per heavy atom. The van der Waals surface area contributed by atoms with Crippen LogP contribution in [0.15, 0.2) is 89.7 Å². The van der Waals surface area contributed by atoms with Gasteiger partial charge in [0, 0.05) is 11.6 Å². The Morgan fingerprint density at radius 1 is 1.00 bits per heavy atom. The fraction of sp³-hybridized carbons (Fsp3) is 0.286. The lowest BCUT2D eigenvalue weighted by molar-refractivity contribution is -0.151. The maximum Gasteiger partial charge on any atom is 0.328 e. The van der Waals surface area contributed by atoms with Crippen molar-refractivity contribution in [3.8, 4) is 11.4 Å². The molecule has 3 aromatic carbocycles. The molecule has 44 heavy (non-hydrogen) atoms. The van der Waals surface area contributed by atoms with E-state index in [9.17, 15) is 18.8 Å². The van der Waals surface area contributed by atoms with E-state index in [1.54, 1.807) is 31.2 Å². The van der Waals surface area contributed by atoms with Crippen LogP contribution in [0.3, 0.4) is 0 Å². The number of benzene rings is 3. The van der Waals surface area contributed by atoms with E-state index in [0.717, 1.165) is 31.2 Å². The Morgan fingerprint density at radius 3 is 2.43 bits per heavy atom. The molecule has 228 valence electrons. The van der Waals surface area contributed by atoms with Gasteiger partial charge in [-0.2, -0.15) is 0 Å². The number of hydrogen-bond donors (Lipinski definition) is 2. The highest BCUT2D eigenvalue weighted by Crippen LogP contribution is 2.25. The van der Waals surface area contributed by atoms with Crippen LogP contribution in [-0.2, 0) is 9.53 Å². The second kappa shape index (κ2) is 14.1. The van der Waals surface area contributed by atoms with Crippen molar-refractivity contribution in [2.45, 2.75) is 51.2 Å². The number of pyridine rings is 1. The van der Waals surface area contributed by atoms with Crippen molar-refractivity contribution < 1.29 is 23.5 Å². The van der Waals surface area contributed by atoms with Crippen molar-refractivity contribution in [3.63, 3.8) is 0 Å². The van der Waals surface area contributed by atoms with Crippen LogP contribution in [0.25, 0.3) is 5.69 Å². The van der Waals surface area contributed by atoms with Gasteiger partial charge in [-0.3, -0.25) is 14.2 Å². The van der Waals surface area contributed by atoms with E-state index in [2.05, 4.69) is 5.32 Å². The lowest BCUT2D eigenvalue weighted by Gasteiger charge is -2.20. The summed E-state index contributed by atoms with van der Waals surface area (Å²) < 4.78 is 26.6. The average molecular weight is 598 g/mol. The molecule has 1 fully saturated rings. The number of halogens is 1. The molecule has 0 saturated heterocycles. The summed E-state index contributed by atoms with van der Waals surface area (Å²) in [6.07, 6.45) is 4.65. The summed E-state index contributed by atoms with van der Waals surface area (Å²) in [5.74, 6) is -0.492. The predicted molar refractivity (Wildman–Crippen MR) is 167 cm³/mol. The minimum atomic E-state index is -0.547. The SMILES string of the molecule is Cc1cc(C(=O)c2ccc(=O)n(-c3ccc(OCCCN[C@H](C(=O)OC4CCCC4)c4ccccc4)cc3)c2N)ccc1F. The molecule has 5 rings (SSSR count). The van der Waals surface area contributed by atoms with Crippen LogP contribution in [0.1, 0.15) is 65.2 Å². The third kappa shape index (κ3) is 7.23. The molecule has 1 aliphatic rings. The van der Waals surface area contributed by atoms with E-state index in [0.29, 0.717) is 36.6 Å². The van der Waals surface area contributed by atoms with Gasteiger partial charge in [-0.15, -0.1) is 0 Å². The number of carbonyl (C=O) groups is 2. The largest absolute Gasteiger partial charge is 0.494 e. The number of nitrogen functional groups attached to an aromatic ring is 1. The quantitative estimate of drug-likeness (QED) is 0.123. The maximum atomic E-state index is 13.7. The molecule has 1 aromatic heterocycles. The highest BCUT2D eigenvalue weighted by molar-refractivity contribution is 6.11. The summed E-state index contributed by atoms with van der Waals surface area (Å²) in [5, 5.41) is 3.32. The first-order valence-corrected chi connectivity index (χ1v) is 14.9. The molecule has 3 N–H and O–H groups in total. The molecule has 0 radical (unpaired) electrons. The van der Waals surface area contributed by atoms with E-state index >= 15 is 0 Å². The van der Waals surface area contributed by atoms with E-state index < -0.39 is 23.2 Å². The lowest BCUT2D eigenvalue weighted by Crippen LogP contribution is -2.33. The van der Waals surface area contributed by atoms with Crippen LogP contribution in [0.5, 0.6) is 5.75 Å². The molecule has 8 nitrogen and oxygen atoms in total. The van der Waals surface area contributed by atoms with Gasteiger partial charge < -0.3 is 20.5 Å². The second-order valence-corrected chi connectivity index (χ2v) is 10.9. The van der Waals surface area contributed by atoms with Gasteiger partial charge in [0.1, 0.15) is 29.5 Å². The second-order valence-electron chi connectivity index (χ2n) is 10.9. The highest BCUT2D eigenvalue weighted by atomic mass is 19.1. The van der Waals surface area contributed by atoms with Crippen LogP contribution >= 0.6 is 0 Å². The van der Waals surface area contributed by atoms with Crippen molar-refractivity contribution in [3.05, 3.63) is 123 Å². The van der Waals surface area contributed by atoms with Gasteiger partial charge in [0.25, 0.3) is 5.56 Å². The maximum absolute atomic E-state index is 13.7. The molecule has 1 aliphatic carbocycles. The van der Waals surface area contributed by atoms with Crippen molar-refractivity contribution in [2.24, 2.45) is 0 Å². The van der Waals surface area contributed by atoms with Gasteiger partial charge in [-0.25, -0.2) is 9.18 Å². The number of carbonyl (C=O) groups excluding carboxylic acids is 2. The molecular formula is C35H36FN3O5. The van der Waals surface area contributed by atoms with Crippen molar-refractivity contribution in [1.82, 2.24) is 9.88 Å². The minimum absolute atomic E-state index is 0.00458. The zero-order chi connectivity index (χ0) is 31.1. The predicted octanol–water partition coefficient (Wildman–Crippen LogP) is 5.68. The average Bonchev–Trinajstić information content (AvgIpc) is 3.54. The number of nitrogens with zero attached hydrogens (tertiary/aromatic N) is 1. The first-order valence-electron chi connectivity index (χ1n) is 14.9. The summed E-state index contributed by atoms with van der Waals surface area (Å²) in [7, 11) is 0. The highest BCUT2D eigenvalue weighted by Gasteiger charge is 2.26. The smallest absolute Gasteiger partial charge is 0.328 e. The zero-order valence-electron chi connectivity index (χ0n) is 24.6. The van der Waals surface area contributed by atoms with Gasteiger partial charge >= 0.3 is 5.97 Å². The third-order valence-electron chi connectivity index (χ3n) is 7.78. The molecule has 9 heteroatoms. The number of hydrogen-bond acceptors (Lipinski definition) is 7. The molecule has 0 amide bonds. The van der Waals surface area contributed by atoms with Gasteiger partial charge in [-0.05, 0) is 105 Å². The molecule has 1 heterocycles. The topological polar surface area (TPSA) is 113 Å². The molecule has 0 unspecified atom stereocenters. The fourth-order valence-electron chi connectivity index (χ4n) is 5.37. The molecule has 1 atom stereocenters. The molecule has 0 spiro atoms. The number of aryl methyl sites for hydroxylation is 1. The molecule has 4 aromatic rings. The number of esters is 1. The first-order chi connectivity index (χ1) is 21.3. The number of nitrogens with one attached hydrogen (secondary N) is 1. The van der Waals surface area contributed by atoms with Crippen LogP contribution < -0.4 is 21.3 Å². The number of ketones is 1. The standard InChI is InChI=1S/C35H36FN3O5/c1-23-22-25(12-18-30(23)36)33(41)29-17-19-31(40)39(34(29)37)26-13-15-27(16-14-26)43-21-7-20-38-32(24-8-3-2-4-9-24)35(42)44-28-10-5-6-11-28/h2-4,8-9,12-19,22,28,32,38H,5-7,10-11,20-21,37H2,1H3/t32-/m0/s1. The van der Waals surface area contributed by atoms with E-state index in [4.69, 9.17) is 15.2 Å². The van der Waals surface area contributed by atoms with Crippen LogP contribution in [-0.4, -0.2) is 35.6 Å². The Balaban J connectivity index is 1.19. The minimum Gasteiger partial charge on any atom is -0.494 e. The Hall–Kier alpha value is -4.76. The molecular weight excluding hydrogens is 561 g/mol. The monoisotopic (exact) mass is 597 g/mol. The van der Waals surface area contributed by atoms with Crippen LogP contribution in [0, 0.1) is 12.7 Å². The fourth-order valence-corrected chi connectivity index (χ4v) is 5.37. The van der Waals surface area contributed by atoms with Crippen LogP contribution in [0.2, 0.25) is 0 Å².